The van der Waals surface area contributed by atoms with Gasteiger partial charge in [-0.05, 0) is 49.2 Å². The van der Waals surface area contributed by atoms with Crippen LogP contribution in [-0.4, -0.2) is 5.84 Å². The van der Waals surface area contributed by atoms with Crippen LogP contribution in [0, 0.1) is 19.3 Å². The molecule has 2 rings (SSSR count). The topological polar surface area (TPSA) is 49.9 Å². The SMILES string of the molecule is Cc1ccc(C)c(Sc2ccc(Br)cc2C(=N)N)c1. The number of amidine groups is 1. The fraction of sp³-hybridized carbons (Fsp3) is 0.133. The van der Waals surface area contributed by atoms with Crippen LogP contribution in [0.1, 0.15) is 16.7 Å². The minimum Gasteiger partial charge on any atom is -0.384 e. The summed E-state index contributed by atoms with van der Waals surface area (Å²) >= 11 is 5.07. The number of nitrogens with two attached hydrogens (primary N) is 1. The van der Waals surface area contributed by atoms with Gasteiger partial charge in [0.1, 0.15) is 5.84 Å². The Balaban J connectivity index is 2.43. The molecule has 0 bridgehead atoms. The van der Waals surface area contributed by atoms with E-state index in [2.05, 4.69) is 48.0 Å². The molecule has 0 radical (unpaired) electrons. The Hall–Kier alpha value is -1.26. The fourth-order valence-corrected chi connectivity index (χ4v) is 3.22. The van der Waals surface area contributed by atoms with Crippen LogP contribution in [0.2, 0.25) is 0 Å². The molecule has 3 N–H and O–H groups in total. The van der Waals surface area contributed by atoms with Crippen LogP contribution in [0.5, 0.6) is 0 Å². The summed E-state index contributed by atoms with van der Waals surface area (Å²) in [6.07, 6.45) is 0. The van der Waals surface area contributed by atoms with E-state index in [0.717, 1.165) is 14.9 Å². The van der Waals surface area contributed by atoms with Gasteiger partial charge < -0.3 is 5.73 Å². The predicted molar refractivity (Wildman–Crippen MR) is 85.2 cm³/mol. The van der Waals surface area contributed by atoms with E-state index in [1.165, 1.54) is 16.0 Å². The molecule has 19 heavy (non-hydrogen) atoms. The maximum absolute atomic E-state index is 7.68. The Morgan fingerprint density at radius 1 is 1.11 bits per heavy atom. The lowest BCUT2D eigenvalue weighted by atomic mass is 10.2. The molecule has 0 aliphatic carbocycles. The van der Waals surface area contributed by atoms with E-state index in [1.54, 1.807) is 11.8 Å². The number of hydrogen-bond donors (Lipinski definition) is 2. The highest BCUT2D eigenvalue weighted by Gasteiger charge is 2.09. The van der Waals surface area contributed by atoms with Crippen molar-refractivity contribution < 1.29 is 0 Å². The van der Waals surface area contributed by atoms with Gasteiger partial charge >= 0.3 is 0 Å². The van der Waals surface area contributed by atoms with Crippen LogP contribution in [0.25, 0.3) is 0 Å². The van der Waals surface area contributed by atoms with E-state index in [9.17, 15) is 0 Å². The highest BCUT2D eigenvalue weighted by molar-refractivity contribution is 9.10. The molecule has 0 saturated carbocycles. The van der Waals surface area contributed by atoms with Crippen molar-refractivity contribution in [3.63, 3.8) is 0 Å². The predicted octanol–water partition coefficient (Wildman–Crippen LogP) is 4.50. The molecule has 0 aliphatic rings. The van der Waals surface area contributed by atoms with Crippen LogP contribution >= 0.6 is 27.7 Å². The smallest absolute Gasteiger partial charge is 0.123 e. The Bertz CT molecular complexity index is 638. The molecule has 0 spiro atoms. The third-order valence-electron chi connectivity index (χ3n) is 2.80. The van der Waals surface area contributed by atoms with Gasteiger partial charge in [0, 0.05) is 19.8 Å². The van der Waals surface area contributed by atoms with Gasteiger partial charge in [-0.15, -0.1) is 0 Å². The molecule has 4 heteroatoms. The first-order valence-corrected chi connectivity index (χ1v) is 7.47. The Morgan fingerprint density at radius 2 is 1.84 bits per heavy atom. The van der Waals surface area contributed by atoms with E-state index in [1.807, 2.05) is 18.2 Å². The van der Waals surface area contributed by atoms with Gasteiger partial charge in [-0.3, -0.25) is 5.41 Å². The molecule has 2 aromatic rings. The Morgan fingerprint density at radius 3 is 2.53 bits per heavy atom. The molecule has 98 valence electrons. The molecule has 2 nitrogen and oxygen atoms in total. The van der Waals surface area contributed by atoms with Gasteiger partial charge in [-0.25, -0.2) is 0 Å². The van der Waals surface area contributed by atoms with Gasteiger partial charge in [0.05, 0.1) is 0 Å². The number of nitrogen functional groups attached to an aromatic ring is 1. The van der Waals surface area contributed by atoms with E-state index >= 15 is 0 Å². The van der Waals surface area contributed by atoms with Crippen LogP contribution < -0.4 is 5.73 Å². The van der Waals surface area contributed by atoms with Gasteiger partial charge in [-0.2, -0.15) is 0 Å². The average molecular weight is 335 g/mol. The molecule has 0 fully saturated rings. The molecule has 2 aromatic carbocycles. The normalized spacial score (nSPS) is 10.5. The van der Waals surface area contributed by atoms with Crippen LogP contribution in [0.4, 0.5) is 0 Å². The van der Waals surface area contributed by atoms with Crippen molar-refractivity contribution in [2.24, 2.45) is 5.73 Å². The Kier molecular flexibility index (Phi) is 4.32. The number of nitrogens with one attached hydrogen (secondary N) is 1. The number of halogens is 1. The quantitative estimate of drug-likeness (QED) is 0.641. The zero-order valence-electron chi connectivity index (χ0n) is 10.8. The van der Waals surface area contributed by atoms with Crippen LogP contribution in [-0.2, 0) is 0 Å². The lowest BCUT2D eigenvalue weighted by molar-refractivity contribution is 1.25. The third-order valence-corrected chi connectivity index (χ3v) is 4.52. The molecule has 0 unspecified atom stereocenters. The van der Waals surface area contributed by atoms with Crippen molar-refractivity contribution in [2.45, 2.75) is 23.6 Å². The second-order valence-corrected chi connectivity index (χ2v) is 6.42. The van der Waals surface area contributed by atoms with Crippen molar-refractivity contribution in [3.8, 4) is 0 Å². The van der Waals surface area contributed by atoms with Crippen molar-refractivity contribution in [2.75, 3.05) is 0 Å². The highest BCUT2D eigenvalue weighted by atomic mass is 79.9. The number of benzene rings is 2. The Labute approximate surface area is 126 Å². The maximum atomic E-state index is 7.68. The van der Waals surface area contributed by atoms with Crippen LogP contribution in [0.3, 0.4) is 0 Å². The monoisotopic (exact) mass is 334 g/mol. The molecule has 0 heterocycles. The summed E-state index contributed by atoms with van der Waals surface area (Å²) in [5.74, 6) is 0.0918. The van der Waals surface area contributed by atoms with Crippen molar-refractivity contribution in [3.05, 3.63) is 57.6 Å². The maximum Gasteiger partial charge on any atom is 0.123 e. The molecule has 0 saturated heterocycles. The van der Waals surface area contributed by atoms with Gasteiger partial charge in [-0.1, -0.05) is 39.8 Å². The largest absolute Gasteiger partial charge is 0.384 e. The summed E-state index contributed by atoms with van der Waals surface area (Å²) in [7, 11) is 0. The van der Waals surface area contributed by atoms with Gasteiger partial charge in [0.25, 0.3) is 0 Å². The zero-order valence-corrected chi connectivity index (χ0v) is 13.2. The summed E-state index contributed by atoms with van der Waals surface area (Å²) in [6, 6.07) is 12.2. The first kappa shape index (κ1) is 14.2. The molecule has 0 amide bonds. The van der Waals surface area contributed by atoms with Crippen molar-refractivity contribution in [1.29, 1.82) is 5.41 Å². The van der Waals surface area contributed by atoms with Gasteiger partial charge in [0.2, 0.25) is 0 Å². The lowest BCUT2D eigenvalue weighted by Crippen LogP contribution is -2.12. The summed E-state index contributed by atoms with van der Waals surface area (Å²) < 4.78 is 0.933. The van der Waals surface area contributed by atoms with E-state index in [0.29, 0.717) is 0 Å². The molecule has 0 aromatic heterocycles. The minimum atomic E-state index is 0.0918. The van der Waals surface area contributed by atoms with Crippen molar-refractivity contribution in [1.82, 2.24) is 0 Å². The van der Waals surface area contributed by atoms with E-state index < -0.39 is 0 Å². The third kappa shape index (κ3) is 3.39. The number of aryl methyl sites for hydroxylation is 2. The zero-order chi connectivity index (χ0) is 14.0. The second kappa shape index (κ2) is 5.80. The van der Waals surface area contributed by atoms with Crippen LogP contribution in [0.15, 0.2) is 50.7 Å². The standard InChI is InChI=1S/C15H15BrN2S/c1-9-3-4-10(2)14(7-9)19-13-6-5-11(16)8-12(13)15(17)18/h3-8H,1-2H3,(H3,17,18). The average Bonchev–Trinajstić information content (AvgIpc) is 2.35. The number of rotatable bonds is 3. The summed E-state index contributed by atoms with van der Waals surface area (Å²) in [6.45, 7) is 4.17. The summed E-state index contributed by atoms with van der Waals surface area (Å²) in [5, 5.41) is 7.68. The molecular formula is C15H15BrN2S. The minimum absolute atomic E-state index is 0.0918. The first-order valence-electron chi connectivity index (χ1n) is 5.86. The fourth-order valence-electron chi connectivity index (χ4n) is 1.74. The lowest BCUT2D eigenvalue weighted by Gasteiger charge is -2.11. The second-order valence-electron chi connectivity index (χ2n) is 4.43. The van der Waals surface area contributed by atoms with Crippen molar-refractivity contribution >= 4 is 33.5 Å². The van der Waals surface area contributed by atoms with E-state index in [-0.39, 0.29) is 5.84 Å². The molecular weight excluding hydrogens is 320 g/mol. The number of hydrogen-bond acceptors (Lipinski definition) is 2. The van der Waals surface area contributed by atoms with Gasteiger partial charge in [0.15, 0.2) is 0 Å². The molecule has 0 atom stereocenters. The summed E-state index contributed by atoms with van der Waals surface area (Å²) in [5.41, 5.74) is 8.88. The van der Waals surface area contributed by atoms with E-state index in [4.69, 9.17) is 11.1 Å². The summed E-state index contributed by atoms with van der Waals surface area (Å²) in [4.78, 5) is 2.20. The highest BCUT2D eigenvalue weighted by Crippen LogP contribution is 2.34. The first-order chi connectivity index (χ1) is 8.97. The molecule has 0 aliphatic heterocycles.